The first-order valence-corrected chi connectivity index (χ1v) is 7.06. The molecule has 7 heteroatoms. The number of aryl methyl sites for hydroxylation is 1. The number of aromatic hydroxyl groups is 1. The monoisotopic (exact) mass is 305 g/mol. The van der Waals surface area contributed by atoms with Crippen LogP contribution in [0.1, 0.15) is 16.3 Å². The molecule has 0 bridgehead atoms. The third-order valence-electron chi connectivity index (χ3n) is 2.59. The molecule has 0 aliphatic heterocycles. The minimum atomic E-state index is -0.230. The van der Waals surface area contributed by atoms with Gasteiger partial charge in [-0.3, -0.25) is 4.79 Å². The van der Waals surface area contributed by atoms with Crippen LogP contribution in [0, 0.1) is 6.92 Å². The van der Waals surface area contributed by atoms with Gasteiger partial charge in [-0.1, -0.05) is 0 Å². The number of nitrogens with one attached hydrogen (secondary N) is 1. The average molecular weight is 305 g/mol. The molecule has 21 heavy (non-hydrogen) atoms. The average Bonchev–Trinajstić information content (AvgIpc) is 2.86. The third kappa shape index (κ3) is 4.28. The van der Waals surface area contributed by atoms with E-state index in [2.05, 4.69) is 15.5 Å². The maximum atomic E-state index is 11.7. The third-order valence-corrected chi connectivity index (χ3v) is 3.55. The number of nitrogens with zero attached hydrogens (tertiary/aromatic N) is 2. The van der Waals surface area contributed by atoms with Gasteiger partial charge in [0.05, 0.1) is 19.7 Å². The molecule has 1 amide bonds. The number of amides is 1. The molecule has 0 saturated heterocycles. The Bertz CT molecular complexity index is 667. The van der Waals surface area contributed by atoms with Crippen LogP contribution in [-0.2, 0) is 11.2 Å². The van der Waals surface area contributed by atoms with Gasteiger partial charge in [-0.2, -0.15) is 5.10 Å². The van der Waals surface area contributed by atoms with Crippen LogP contribution in [0.15, 0.2) is 28.7 Å². The van der Waals surface area contributed by atoms with Crippen molar-refractivity contribution in [2.75, 3.05) is 7.11 Å². The summed E-state index contributed by atoms with van der Waals surface area (Å²) in [5.41, 5.74) is 4.04. The number of hydrogen-bond acceptors (Lipinski definition) is 6. The van der Waals surface area contributed by atoms with Crippen molar-refractivity contribution in [1.29, 1.82) is 0 Å². The quantitative estimate of drug-likeness (QED) is 0.652. The molecule has 2 N–H and O–H groups in total. The SMILES string of the molecule is COc1cc(/C=N/NC(=O)Cc2nc(C)cs2)ccc1O. The molecule has 0 fully saturated rings. The molecule has 1 aromatic heterocycles. The number of rotatable bonds is 5. The lowest BCUT2D eigenvalue weighted by Gasteiger charge is -2.03. The van der Waals surface area contributed by atoms with Gasteiger partial charge in [0.15, 0.2) is 11.5 Å². The standard InChI is InChI=1S/C14H15N3O3S/c1-9-8-21-14(16-9)6-13(19)17-15-7-10-3-4-11(18)12(5-10)20-2/h3-5,7-8,18H,6H2,1-2H3,(H,17,19)/b15-7+. The van der Waals surface area contributed by atoms with Crippen molar-refractivity contribution in [2.24, 2.45) is 5.10 Å². The van der Waals surface area contributed by atoms with Gasteiger partial charge >= 0.3 is 0 Å². The van der Waals surface area contributed by atoms with Gasteiger partial charge in [0, 0.05) is 11.1 Å². The second kappa shape index (κ2) is 6.85. The molecule has 0 radical (unpaired) electrons. The number of aromatic nitrogens is 1. The van der Waals surface area contributed by atoms with Crippen molar-refractivity contribution in [3.05, 3.63) is 39.8 Å². The van der Waals surface area contributed by atoms with E-state index in [-0.39, 0.29) is 18.1 Å². The smallest absolute Gasteiger partial charge is 0.246 e. The molecular weight excluding hydrogens is 290 g/mol. The van der Waals surface area contributed by atoms with E-state index >= 15 is 0 Å². The van der Waals surface area contributed by atoms with E-state index in [9.17, 15) is 9.90 Å². The highest BCUT2D eigenvalue weighted by Gasteiger charge is 2.05. The number of phenolic OH excluding ortho intramolecular Hbond substituents is 1. The van der Waals surface area contributed by atoms with Crippen molar-refractivity contribution >= 4 is 23.5 Å². The summed E-state index contributed by atoms with van der Waals surface area (Å²) in [5.74, 6) is 0.174. The molecule has 2 rings (SSSR count). The summed E-state index contributed by atoms with van der Waals surface area (Å²) in [6.45, 7) is 1.88. The van der Waals surface area contributed by atoms with Gasteiger partial charge < -0.3 is 9.84 Å². The Morgan fingerprint density at radius 1 is 1.57 bits per heavy atom. The lowest BCUT2D eigenvalue weighted by atomic mass is 10.2. The molecule has 110 valence electrons. The van der Waals surface area contributed by atoms with E-state index < -0.39 is 0 Å². The number of carbonyl (C=O) groups is 1. The first-order chi connectivity index (χ1) is 10.1. The summed E-state index contributed by atoms with van der Waals surface area (Å²) < 4.78 is 4.99. The molecule has 0 saturated carbocycles. The fraction of sp³-hybridized carbons (Fsp3) is 0.214. The van der Waals surface area contributed by atoms with Crippen LogP contribution >= 0.6 is 11.3 Å². The molecular formula is C14H15N3O3S. The van der Waals surface area contributed by atoms with Crippen molar-refractivity contribution in [3.8, 4) is 11.5 Å². The predicted molar refractivity (Wildman–Crippen MR) is 81.0 cm³/mol. The predicted octanol–water partition coefficient (Wildman–Crippen LogP) is 1.86. The van der Waals surface area contributed by atoms with E-state index in [1.54, 1.807) is 12.1 Å². The Balaban J connectivity index is 1.91. The maximum absolute atomic E-state index is 11.7. The fourth-order valence-electron chi connectivity index (χ4n) is 1.61. The molecule has 1 heterocycles. The minimum Gasteiger partial charge on any atom is -0.504 e. The molecule has 6 nitrogen and oxygen atoms in total. The Labute approximate surface area is 126 Å². The van der Waals surface area contributed by atoms with Crippen molar-refractivity contribution in [3.63, 3.8) is 0 Å². The Morgan fingerprint density at radius 3 is 3.05 bits per heavy atom. The van der Waals surface area contributed by atoms with Crippen LogP contribution < -0.4 is 10.2 Å². The number of thiazole rings is 1. The molecule has 0 aliphatic carbocycles. The highest BCUT2D eigenvalue weighted by molar-refractivity contribution is 7.09. The number of hydrazone groups is 1. The highest BCUT2D eigenvalue weighted by atomic mass is 32.1. The number of methoxy groups -OCH3 is 1. The molecule has 0 atom stereocenters. The molecule has 1 aromatic carbocycles. The van der Waals surface area contributed by atoms with Gasteiger partial charge in [-0.05, 0) is 30.7 Å². The van der Waals surface area contributed by atoms with E-state index in [0.29, 0.717) is 11.3 Å². The zero-order chi connectivity index (χ0) is 15.2. The van der Waals surface area contributed by atoms with Crippen molar-refractivity contribution in [1.82, 2.24) is 10.4 Å². The first-order valence-electron chi connectivity index (χ1n) is 6.18. The van der Waals surface area contributed by atoms with Crippen LogP contribution in [-0.4, -0.2) is 29.3 Å². The number of benzene rings is 1. The number of ether oxygens (including phenoxy) is 1. The highest BCUT2D eigenvalue weighted by Crippen LogP contribution is 2.25. The van der Waals surface area contributed by atoms with Crippen LogP contribution in [0.25, 0.3) is 0 Å². The fourth-order valence-corrected chi connectivity index (χ4v) is 2.38. The van der Waals surface area contributed by atoms with Gasteiger partial charge in [0.1, 0.15) is 5.01 Å². The maximum Gasteiger partial charge on any atom is 0.246 e. The van der Waals surface area contributed by atoms with E-state index in [1.807, 2.05) is 12.3 Å². The summed E-state index contributed by atoms with van der Waals surface area (Å²) in [6, 6.07) is 4.78. The topological polar surface area (TPSA) is 83.8 Å². The Morgan fingerprint density at radius 2 is 2.38 bits per heavy atom. The van der Waals surface area contributed by atoms with Crippen LogP contribution in [0.3, 0.4) is 0 Å². The van der Waals surface area contributed by atoms with Gasteiger partial charge in [0.25, 0.3) is 0 Å². The van der Waals surface area contributed by atoms with E-state index in [4.69, 9.17) is 4.74 Å². The summed E-state index contributed by atoms with van der Waals surface area (Å²) in [4.78, 5) is 15.9. The molecule has 2 aromatic rings. The molecule has 0 aliphatic rings. The summed E-state index contributed by atoms with van der Waals surface area (Å²) in [5, 5.41) is 16.0. The number of phenols is 1. The van der Waals surface area contributed by atoms with Crippen molar-refractivity contribution in [2.45, 2.75) is 13.3 Å². The zero-order valence-electron chi connectivity index (χ0n) is 11.7. The zero-order valence-corrected chi connectivity index (χ0v) is 12.5. The summed E-state index contributed by atoms with van der Waals surface area (Å²) in [6.07, 6.45) is 1.68. The molecule has 0 spiro atoms. The number of carbonyl (C=O) groups excluding carboxylic acids is 1. The van der Waals surface area contributed by atoms with Crippen molar-refractivity contribution < 1.29 is 14.6 Å². The van der Waals surface area contributed by atoms with Crippen LogP contribution in [0.5, 0.6) is 11.5 Å². The van der Waals surface area contributed by atoms with Gasteiger partial charge in [-0.15, -0.1) is 11.3 Å². The minimum absolute atomic E-state index is 0.0535. The number of hydrogen-bond donors (Lipinski definition) is 2. The lowest BCUT2D eigenvalue weighted by molar-refractivity contribution is -0.120. The normalized spacial score (nSPS) is 10.8. The van der Waals surface area contributed by atoms with Crippen LogP contribution in [0.2, 0.25) is 0 Å². The first kappa shape index (κ1) is 15.0. The van der Waals surface area contributed by atoms with Gasteiger partial charge in [-0.25, -0.2) is 10.4 Å². The largest absolute Gasteiger partial charge is 0.504 e. The second-order valence-electron chi connectivity index (χ2n) is 4.28. The second-order valence-corrected chi connectivity index (χ2v) is 5.23. The lowest BCUT2D eigenvalue weighted by Crippen LogP contribution is -2.19. The van der Waals surface area contributed by atoms with E-state index in [0.717, 1.165) is 10.7 Å². The van der Waals surface area contributed by atoms with Gasteiger partial charge in [0.2, 0.25) is 5.91 Å². The van der Waals surface area contributed by atoms with E-state index in [1.165, 1.54) is 30.7 Å². The molecule has 0 unspecified atom stereocenters. The summed E-state index contributed by atoms with van der Waals surface area (Å²) in [7, 11) is 1.47. The Hall–Kier alpha value is -2.41. The summed E-state index contributed by atoms with van der Waals surface area (Å²) >= 11 is 1.45. The Kier molecular flexibility index (Phi) is 4.89. The van der Waals surface area contributed by atoms with Crippen LogP contribution in [0.4, 0.5) is 0 Å².